The number of nitrogen functional groups attached to an aromatic ring is 1. The number of nitrogens with two attached hydrogens (primary N) is 1. The summed E-state index contributed by atoms with van der Waals surface area (Å²) in [7, 11) is 0. The Morgan fingerprint density at radius 3 is 2.74 bits per heavy atom. The number of nitrogens with zero attached hydrogens (tertiary/aromatic N) is 2. The first-order valence-corrected chi connectivity index (χ1v) is 6.96. The highest BCUT2D eigenvalue weighted by Crippen LogP contribution is 2.26. The minimum absolute atomic E-state index is 0.670. The molecular weight excluding hydrogens is 234 g/mol. The Hall–Kier alpha value is -1.90. The molecule has 19 heavy (non-hydrogen) atoms. The molecule has 3 nitrogen and oxygen atoms in total. The Kier molecular flexibility index (Phi) is 3.20. The fourth-order valence-electron chi connectivity index (χ4n) is 2.71. The number of benzene rings is 1. The van der Waals surface area contributed by atoms with E-state index in [4.69, 9.17) is 10.7 Å². The average Bonchev–Trinajstić information content (AvgIpc) is 2.64. The summed E-state index contributed by atoms with van der Waals surface area (Å²) < 4.78 is 0. The Morgan fingerprint density at radius 2 is 1.89 bits per heavy atom. The highest BCUT2D eigenvalue weighted by Gasteiger charge is 2.15. The van der Waals surface area contributed by atoms with Crippen molar-refractivity contribution in [2.24, 2.45) is 0 Å². The molecule has 3 rings (SSSR count). The molecule has 0 aliphatic heterocycles. The van der Waals surface area contributed by atoms with Crippen LogP contribution in [0.15, 0.2) is 24.3 Å². The van der Waals surface area contributed by atoms with Crippen LogP contribution in [-0.2, 0) is 12.8 Å². The summed E-state index contributed by atoms with van der Waals surface area (Å²) in [4.78, 5) is 9.26. The number of aromatic nitrogens is 2. The van der Waals surface area contributed by atoms with Crippen LogP contribution in [0.2, 0.25) is 0 Å². The summed E-state index contributed by atoms with van der Waals surface area (Å²) in [5, 5.41) is 0. The summed E-state index contributed by atoms with van der Waals surface area (Å²) in [6.07, 6.45) is 5.72. The normalized spacial score (nSPS) is 14.8. The molecule has 1 aromatic carbocycles. The second-order valence-electron chi connectivity index (χ2n) is 5.29. The number of hydrogen-bond donors (Lipinski definition) is 1. The van der Waals surface area contributed by atoms with E-state index in [-0.39, 0.29) is 0 Å². The van der Waals surface area contributed by atoms with E-state index in [2.05, 4.69) is 24.0 Å². The van der Waals surface area contributed by atoms with Gasteiger partial charge in [0.2, 0.25) is 0 Å². The largest absolute Gasteiger partial charge is 0.383 e. The zero-order valence-electron chi connectivity index (χ0n) is 11.3. The maximum absolute atomic E-state index is 6.14. The fraction of sp³-hybridized carbons (Fsp3) is 0.375. The summed E-state index contributed by atoms with van der Waals surface area (Å²) >= 11 is 0. The van der Waals surface area contributed by atoms with Crippen molar-refractivity contribution in [1.82, 2.24) is 9.97 Å². The zero-order valence-corrected chi connectivity index (χ0v) is 11.3. The lowest BCUT2D eigenvalue weighted by Crippen LogP contribution is -2.06. The van der Waals surface area contributed by atoms with Gasteiger partial charge in [-0.1, -0.05) is 30.2 Å². The molecule has 0 unspecified atom stereocenters. The third-order valence-corrected chi connectivity index (χ3v) is 3.74. The molecule has 0 bridgehead atoms. The molecule has 1 heterocycles. The third-order valence-electron chi connectivity index (χ3n) is 3.74. The van der Waals surface area contributed by atoms with Crippen molar-refractivity contribution in [1.29, 1.82) is 0 Å². The van der Waals surface area contributed by atoms with E-state index in [9.17, 15) is 0 Å². The van der Waals surface area contributed by atoms with Crippen LogP contribution in [0.25, 0.3) is 11.4 Å². The van der Waals surface area contributed by atoms with Gasteiger partial charge in [0, 0.05) is 16.8 Å². The maximum Gasteiger partial charge on any atom is 0.161 e. The Bertz CT molecular complexity index is 605. The minimum atomic E-state index is 0.670. The molecule has 3 heteroatoms. The van der Waals surface area contributed by atoms with Crippen LogP contribution >= 0.6 is 0 Å². The zero-order chi connectivity index (χ0) is 13.2. The fourth-order valence-corrected chi connectivity index (χ4v) is 2.71. The van der Waals surface area contributed by atoms with E-state index in [0.29, 0.717) is 5.82 Å². The van der Waals surface area contributed by atoms with Crippen molar-refractivity contribution >= 4 is 5.82 Å². The summed E-state index contributed by atoms with van der Waals surface area (Å²) in [5.74, 6) is 1.44. The van der Waals surface area contributed by atoms with Gasteiger partial charge in [-0.25, -0.2) is 9.97 Å². The predicted octanol–water partition coefficient (Wildman–Crippen LogP) is 3.30. The molecule has 0 fully saturated rings. The highest BCUT2D eigenvalue weighted by atomic mass is 15.0. The van der Waals surface area contributed by atoms with Gasteiger partial charge in [0.15, 0.2) is 5.82 Å². The molecule has 0 saturated heterocycles. The minimum Gasteiger partial charge on any atom is -0.383 e. The van der Waals surface area contributed by atoms with Crippen LogP contribution in [0.5, 0.6) is 0 Å². The smallest absolute Gasteiger partial charge is 0.161 e. The molecule has 2 N–H and O–H groups in total. The number of hydrogen-bond acceptors (Lipinski definition) is 3. The first-order valence-electron chi connectivity index (χ1n) is 6.96. The van der Waals surface area contributed by atoms with Crippen molar-refractivity contribution in [3.05, 3.63) is 41.1 Å². The van der Waals surface area contributed by atoms with E-state index in [0.717, 1.165) is 29.9 Å². The molecule has 0 atom stereocenters. The van der Waals surface area contributed by atoms with Crippen molar-refractivity contribution in [2.75, 3.05) is 5.73 Å². The highest BCUT2D eigenvalue weighted by molar-refractivity contribution is 5.59. The van der Waals surface area contributed by atoms with Gasteiger partial charge in [-0.3, -0.25) is 0 Å². The maximum atomic E-state index is 6.14. The quantitative estimate of drug-likeness (QED) is 0.793. The number of aryl methyl sites for hydroxylation is 2. The van der Waals surface area contributed by atoms with Crippen LogP contribution in [-0.4, -0.2) is 9.97 Å². The molecule has 1 aliphatic carbocycles. The lowest BCUT2D eigenvalue weighted by atomic mass is 10.1. The van der Waals surface area contributed by atoms with E-state index in [1.54, 1.807) is 0 Å². The van der Waals surface area contributed by atoms with Crippen molar-refractivity contribution in [2.45, 2.75) is 39.0 Å². The number of rotatable bonds is 1. The topological polar surface area (TPSA) is 51.8 Å². The molecule has 0 saturated carbocycles. The van der Waals surface area contributed by atoms with E-state index < -0.39 is 0 Å². The molecule has 98 valence electrons. The van der Waals surface area contributed by atoms with E-state index >= 15 is 0 Å². The second-order valence-corrected chi connectivity index (χ2v) is 5.29. The molecular formula is C16H19N3. The van der Waals surface area contributed by atoms with Gasteiger partial charge in [0.25, 0.3) is 0 Å². The first-order chi connectivity index (χ1) is 9.24. The van der Waals surface area contributed by atoms with Gasteiger partial charge in [-0.2, -0.15) is 0 Å². The molecule has 1 aliphatic rings. The van der Waals surface area contributed by atoms with Crippen molar-refractivity contribution in [3.8, 4) is 11.4 Å². The van der Waals surface area contributed by atoms with Crippen LogP contribution in [0.4, 0.5) is 5.82 Å². The summed E-state index contributed by atoms with van der Waals surface area (Å²) in [6.45, 7) is 2.08. The SMILES string of the molecule is Cc1cccc(-c2nc(N)c3c(n2)CCCCC3)c1. The van der Waals surface area contributed by atoms with Gasteiger partial charge >= 0.3 is 0 Å². The average molecular weight is 253 g/mol. The van der Waals surface area contributed by atoms with Gasteiger partial charge in [-0.15, -0.1) is 0 Å². The molecule has 1 aromatic heterocycles. The number of fused-ring (bicyclic) bond motifs is 1. The summed E-state index contributed by atoms with van der Waals surface area (Å²) in [5.41, 5.74) is 10.7. The van der Waals surface area contributed by atoms with Crippen molar-refractivity contribution < 1.29 is 0 Å². The summed E-state index contributed by atoms with van der Waals surface area (Å²) in [6, 6.07) is 8.27. The lowest BCUT2D eigenvalue weighted by molar-refractivity contribution is 0.709. The van der Waals surface area contributed by atoms with Crippen LogP contribution in [0.1, 0.15) is 36.1 Å². The van der Waals surface area contributed by atoms with E-state index in [1.165, 1.54) is 30.4 Å². The Balaban J connectivity index is 2.09. The second kappa shape index (κ2) is 5.00. The van der Waals surface area contributed by atoms with Gasteiger partial charge in [0.1, 0.15) is 5.82 Å². The van der Waals surface area contributed by atoms with Crippen molar-refractivity contribution in [3.63, 3.8) is 0 Å². The first kappa shape index (κ1) is 12.2. The Labute approximate surface area is 113 Å². The van der Waals surface area contributed by atoms with Gasteiger partial charge in [0.05, 0.1) is 0 Å². The molecule has 0 radical (unpaired) electrons. The van der Waals surface area contributed by atoms with E-state index in [1.807, 2.05) is 12.1 Å². The predicted molar refractivity (Wildman–Crippen MR) is 77.9 cm³/mol. The molecule has 0 amide bonds. The number of anilines is 1. The molecule has 0 spiro atoms. The lowest BCUT2D eigenvalue weighted by Gasteiger charge is -2.10. The Morgan fingerprint density at radius 1 is 1.05 bits per heavy atom. The molecule has 2 aromatic rings. The standard InChI is InChI=1S/C16H19N3/c1-11-6-5-7-12(10-11)16-18-14-9-4-2-3-8-13(14)15(17)19-16/h5-7,10H,2-4,8-9H2,1H3,(H2,17,18,19). The third kappa shape index (κ3) is 2.46. The van der Waals surface area contributed by atoms with Gasteiger partial charge in [-0.05, 0) is 38.7 Å². The van der Waals surface area contributed by atoms with Crippen LogP contribution in [0.3, 0.4) is 0 Å². The monoisotopic (exact) mass is 253 g/mol. The van der Waals surface area contributed by atoms with Gasteiger partial charge < -0.3 is 5.73 Å². The van der Waals surface area contributed by atoms with Crippen LogP contribution < -0.4 is 5.73 Å². The van der Waals surface area contributed by atoms with Crippen LogP contribution in [0, 0.1) is 6.92 Å².